The van der Waals surface area contributed by atoms with Crippen molar-refractivity contribution in [1.29, 1.82) is 0 Å². The molecule has 0 bridgehead atoms. The van der Waals surface area contributed by atoms with Crippen LogP contribution in [0.1, 0.15) is 32.1 Å². The SMILES string of the molecule is O=C(O)C1(NS(=O)(=O)c2cc[nH]c2)CCCCC1. The molecule has 1 aliphatic carbocycles. The highest BCUT2D eigenvalue weighted by Gasteiger charge is 2.43. The summed E-state index contributed by atoms with van der Waals surface area (Å²) in [5.41, 5.74) is -1.35. The van der Waals surface area contributed by atoms with Crippen LogP contribution in [0.15, 0.2) is 23.4 Å². The number of nitrogens with one attached hydrogen (secondary N) is 2. The maximum absolute atomic E-state index is 12.1. The van der Waals surface area contributed by atoms with Crippen LogP contribution in [-0.4, -0.2) is 30.0 Å². The number of aliphatic carboxylic acids is 1. The van der Waals surface area contributed by atoms with E-state index in [-0.39, 0.29) is 4.90 Å². The van der Waals surface area contributed by atoms with Crippen molar-refractivity contribution in [2.45, 2.75) is 42.5 Å². The van der Waals surface area contributed by atoms with E-state index < -0.39 is 21.5 Å². The fraction of sp³-hybridized carbons (Fsp3) is 0.545. The summed E-state index contributed by atoms with van der Waals surface area (Å²) < 4.78 is 26.5. The van der Waals surface area contributed by atoms with E-state index in [9.17, 15) is 18.3 Å². The summed E-state index contributed by atoms with van der Waals surface area (Å²) in [4.78, 5) is 14.1. The third-order valence-electron chi connectivity index (χ3n) is 3.33. The molecule has 6 nitrogen and oxygen atoms in total. The second kappa shape index (κ2) is 4.74. The van der Waals surface area contributed by atoms with Gasteiger partial charge in [0.2, 0.25) is 10.0 Å². The second-order valence-corrected chi connectivity index (χ2v) is 6.28. The minimum Gasteiger partial charge on any atom is -0.480 e. The first-order valence-corrected chi connectivity index (χ1v) is 7.35. The van der Waals surface area contributed by atoms with Gasteiger partial charge in [-0.2, -0.15) is 4.72 Å². The summed E-state index contributed by atoms with van der Waals surface area (Å²) in [6.07, 6.45) is 5.90. The van der Waals surface area contributed by atoms with Gasteiger partial charge < -0.3 is 10.1 Å². The molecule has 0 spiro atoms. The Labute approximate surface area is 105 Å². The molecular formula is C11H16N2O4S. The predicted molar refractivity (Wildman–Crippen MR) is 64.6 cm³/mol. The average molecular weight is 272 g/mol. The van der Waals surface area contributed by atoms with E-state index in [2.05, 4.69) is 9.71 Å². The summed E-state index contributed by atoms with van der Waals surface area (Å²) in [7, 11) is -3.78. The highest BCUT2D eigenvalue weighted by Crippen LogP contribution is 2.30. The Hall–Kier alpha value is -1.34. The molecule has 0 atom stereocenters. The number of hydrogen-bond donors (Lipinski definition) is 3. The monoisotopic (exact) mass is 272 g/mol. The number of sulfonamides is 1. The lowest BCUT2D eigenvalue weighted by molar-refractivity contribution is -0.145. The molecule has 7 heteroatoms. The van der Waals surface area contributed by atoms with Crippen molar-refractivity contribution in [3.05, 3.63) is 18.5 Å². The van der Waals surface area contributed by atoms with Crippen LogP contribution in [0.2, 0.25) is 0 Å². The zero-order valence-corrected chi connectivity index (χ0v) is 10.7. The Morgan fingerprint density at radius 3 is 2.50 bits per heavy atom. The highest BCUT2D eigenvalue weighted by molar-refractivity contribution is 7.89. The van der Waals surface area contributed by atoms with Gasteiger partial charge in [0.15, 0.2) is 0 Å². The maximum Gasteiger partial charge on any atom is 0.324 e. The molecular weight excluding hydrogens is 256 g/mol. The summed E-state index contributed by atoms with van der Waals surface area (Å²) in [6.45, 7) is 0. The van der Waals surface area contributed by atoms with Gasteiger partial charge in [-0.15, -0.1) is 0 Å². The molecule has 2 rings (SSSR count). The molecule has 1 aromatic rings. The molecule has 0 amide bonds. The maximum atomic E-state index is 12.1. The van der Waals surface area contributed by atoms with Crippen molar-refractivity contribution >= 4 is 16.0 Å². The zero-order chi connectivity index (χ0) is 13.2. The molecule has 3 N–H and O–H groups in total. The fourth-order valence-corrected chi connectivity index (χ4v) is 3.70. The van der Waals surface area contributed by atoms with E-state index in [0.29, 0.717) is 12.8 Å². The smallest absolute Gasteiger partial charge is 0.324 e. The standard InChI is InChI=1S/C11H16N2O4S/c14-10(15)11(5-2-1-3-6-11)13-18(16,17)9-4-7-12-8-9/h4,7-8,12-13H,1-3,5-6H2,(H,14,15). The molecule has 1 saturated carbocycles. The van der Waals surface area contributed by atoms with E-state index in [1.54, 1.807) is 0 Å². The summed E-state index contributed by atoms with van der Waals surface area (Å²) in [6, 6.07) is 1.40. The van der Waals surface area contributed by atoms with Crippen molar-refractivity contribution in [3.8, 4) is 0 Å². The van der Waals surface area contributed by atoms with Gasteiger partial charge in [0.25, 0.3) is 0 Å². The van der Waals surface area contributed by atoms with E-state index in [1.807, 2.05) is 0 Å². The highest BCUT2D eigenvalue weighted by atomic mass is 32.2. The number of H-pyrrole nitrogens is 1. The molecule has 0 saturated heterocycles. The number of rotatable bonds is 4. The third-order valence-corrected chi connectivity index (χ3v) is 4.86. The second-order valence-electron chi connectivity index (χ2n) is 4.60. The normalized spacial score (nSPS) is 19.6. The molecule has 0 unspecified atom stereocenters. The van der Waals surface area contributed by atoms with Crippen LogP contribution in [0.5, 0.6) is 0 Å². The van der Waals surface area contributed by atoms with Gasteiger partial charge in [0.05, 0.1) is 4.90 Å². The van der Waals surface area contributed by atoms with Crippen molar-refractivity contribution in [2.75, 3.05) is 0 Å². The van der Waals surface area contributed by atoms with E-state index in [4.69, 9.17) is 0 Å². The Morgan fingerprint density at radius 2 is 2.00 bits per heavy atom. The number of carboxylic acid groups (broad SMARTS) is 1. The van der Waals surface area contributed by atoms with Crippen molar-refractivity contribution in [3.63, 3.8) is 0 Å². The summed E-state index contributed by atoms with van der Waals surface area (Å²) in [5, 5.41) is 9.31. The van der Waals surface area contributed by atoms with Crippen LogP contribution in [0.25, 0.3) is 0 Å². The number of aromatic nitrogens is 1. The van der Waals surface area contributed by atoms with Gasteiger partial charge >= 0.3 is 5.97 Å². The van der Waals surface area contributed by atoms with Crippen LogP contribution in [0.3, 0.4) is 0 Å². The van der Waals surface area contributed by atoms with Gasteiger partial charge in [-0.05, 0) is 18.9 Å². The largest absolute Gasteiger partial charge is 0.480 e. The Balaban J connectivity index is 2.27. The number of carbonyl (C=O) groups is 1. The number of aromatic amines is 1. The molecule has 18 heavy (non-hydrogen) atoms. The molecule has 1 aromatic heterocycles. The first kappa shape index (κ1) is 13.1. The van der Waals surface area contributed by atoms with Gasteiger partial charge in [-0.25, -0.2) is 8.42 Å². The summed E-state index contributed by atoms with van der Waals surface area (Å²) in [5.74, 6) is -1.10. The van der Waals surface area contributed by atoms with E-state index in [0.717, 1.165) is 19.3 Å². The van der Waals surface area contributed by atoms with Crippen molar-refractivity contribution < 1.29 is 18.3 Å². The third kappa shape index (κ3) is 2.41. The number of carboxylic acids is 1. The van der Waals surface area contributed by atoms with Crippen LogP contribution >= 0.6 is 0 Å². The van der Waals surface area contributed by atoms with Crippen LogP contribution in [-0.2, 0) is 14.8 Å². The van der Waals surface area contributed by atoms with Gasteiger partial charge in [0, 0.05) is 12.4 Å². The predicted octanol–water partition coefficient (Wildman–Crippen LogP) is 1.08. The number of hydrogen-bond acceptors (Lipinski definition) is 3. The molecule has 100 valence electrons. The molecule has 1 aliphatic rings. The average Bonchev–Trinajstić information content (AvgIpc) is 2.83. The Bertz CT molecular complexity index is 515. The lowest BCUT2D eigenvalue weighted by atomic mass is 9.83. The van der Waals surface area contributed by atoms with Gasteiger partial charge in [-0.1, -0.05) is 19.3 Å². The Morgan fingerprint density at radius 1 is 1.33 bits per heavy atom. The zero-order valence-electron chi connectivity index (χ0n) is 9.85. The van der Waals surface area contributed by atoms with Crippen molar-refractivity contribution in [1.82, 2.24) is 9.71 Å². The lowest BCUT2D eigenvalue weighted by Crippen LogP contribution is -2.55. The fourth-order valence-electron chi connectivity index (χ4n) is 2.31. The van der Waals surface area contributed by atoms with Crippen molar-refractivity contribution in [2.24, 2.45) is 0 Å². The molecule has 1 fully saturated rings. The van der Waals surface area contributed by atoms with Gasteiger partial charge in [0.1, 0.15) is 5.54 Å². The molecule has 0 aliphatic heterocycles. The molecule has 1 heterocycles. The van der Waals surface area contributed by atoms with E-state index >= 15 is 0 Å². The quantitative estimate of drug-likeness (QED) is 0.763. The topological polar surface area (TPSA) is 99.3 Å². The van der Waals surface area contributed by atoms with E-state index in [1.165, 1.54) is 18.5 Å². The first-order chi connectivity index (χ1) is 8.46. The van der Waals surface area contributed by atoms with Crippen LogP contribution in [0.4, 0.5) is 0 Å². The Kier molecular flexibility index (Phi) is 3.45. The van der Waals surface area contributed by atoms with Crippen LogP contribution in [0, 0.1) is 0 Å². The summed E-state index contributed by atoms with van der Waals surface area (Å²) >= 11 is 0. The van der Waals surface area contributed by atoms with Crippen LogP contribution < -0.4 is 4.72 Å². The molecule has 0 aromatic carbocycles. The minimum absolute atomic E-state index is 0.0636. The van der Waals surface area contributed by atoms with Gasteiger partial charge in [-0.3, -0.25) is 4.79 Å². The first-order valence-electron chi connectivity index (χ1n) is 5.86. The lowest BCUT2D eigenvalue weighted by Gasteiger charge is -2.33. The minimum atomic E-state index is -3.78. The molecule has 0 radical (unpaired) electrons.